The fourth-order valence-electron chi connectivity index (χ4n) is 1.88. The van der Waals surface area contributed by atoms with Crippen molar-refractivity contribution in [1.29, 1.82) is 0 Å². The van der Waals surface area contributed by atoms with Crippen molar-refractivity contribution >= 4 is 0 Å². The van der Waals surface area contributed by atoms with Crippen molar-refractivity contribution in [3.05, 3.63) is 0 Å². The normalized spacial score (nSPS) is 34.0. The van der Waals surface area contributed by atoms with Crippen LogP contribution >= 0.6 is 0 Å². The predicted octanol–water partition coefficient (Wildman–Crippen LogP) is 1.18. The number of hydrogen-bond donors (Lipinski definition) is 1. The lowest BCUT2D eigenvalue weighted by molar-refractivity contribution is 0.293. The first kappa shape index (κ1) is 10.0. The zero-order valence-corrected chi connectivity index (χ0v) is 8.80. The molecule has 0 spiro atoms. The van der Waals surface area contributed by atoms with Gasteiger partial charge in [0.05, 0.1) is 0 Å². The van der Waals surface area contributed by atoms with E-state index in [0.29, 0.717) is 6.04 Å². The zero-order valence-electron chi connectivity index (χ0n) is 8.80. The molecular formula is C10H22N2. The van der Waals surface area contributed by atoms with Crippen LogP contribution in [0.3, 0.4) is 0 Å². The maximum atomic E-state index is 3.28. The number of likely N-dealkylation sites (tertiary alicyclic amines) is 1. The Morgan fingerprint density at radius 1 is 1.33 bits per heavy atom. The third kappa shape index (κ3) is 2.46. The minimum Gasteiger partial charge on any atom is -0.316 e. The summed E-state index contributed by atoms with van der Waals surface area (Å²) in [6.45, 7) is 10.7. The van der Waals surface area contributed by atoms with E-state index in [0.717, 1.165) is 11.8 Å². The van der Waals surface area contributed by atoms with Gasteiger partial charge in [-0.05, 0) is 25.8 Å². The molecule has 0 aromatic carbocycles. The molecule has 3 atom stereocenters. The molecule has 1 rings (SSSR count). The number of likely N-dealkylation sites (N-methyl/N-ethyl adjacent to an activating group) is 1. The van der Waals surface area contributed by atoms with E-state index in [1.54, 1.807) is 0 Å². The van der Waals surface area contributed by atoms with Crippen molar-refractivity contribution in [1.82, 2.24) is 10.2 Å². The van der Waals surface area contributed by atoms with Gasteiger partial charge in [-0.1, -0.05) is 13.8 Å². The van der Waals surface area contributed by atoms with Gasteiger partial charge in [-0.15, -0.1) is 0 Å². The molecule has 2 nitrogen and oxygen atoms in total. The molecule has 1 fully saturated rings. The highest BCUT2D eigenvalue weighted by Gasteiger charge is 2.26. The zero-order chi connectivity index (χ0) is 9.14. The van der Waals surface area contributed by atoms with Crippen LogP contribution < -0.4 is 5.32 Å². The molecule has 0 aromatic rings. The van der Waals surface area contributed by atoms with E-state index in [4.69, 9.17) is 0 Å². The molecule has 1 aliphatic rings. The Labute approximate surface area is 76.3 Å². The summed E-state index contributed by atoms with van der Waals surface area (Å²) in [7, 11) is 2.04. The van der Waals surface area contributed by atoms with Crippen LogP contribution in [0.15, 0.2) is 0 Å². The first-order valence-corrected chi connectivity index (χ1v) is 5.03. The van der Waals surface area contributed by atoms with Crippen molar-refractivity contribution in [2.24, 2.45) is 11.8 Å². The van der Waals surface area contributed by atoms with Crippen LogP contribution in [0.25, 0.3) is 0 Å². The Morgan fingerprint density at radius 2 is 1.83 bits per heavy atom. The van der Waals surface area contributed by atoms with Crippen LogP contribution in [0, 0.1) is 11.8 Å². The molecule has 2 heteroatoms. The lowest BCUT2D eigenvalue weighted by Crippen LogP contribution is -2.36. The van der Waals surface area contributed by atoms with Gasteiger partial charge in [-0.3, -0.25) is 0 Å². The summed E-state index contributed by atoms with van der Waals surface area (Å²) >= 11 is 0. The molecule has 0 radical (unpaired) electrons. The molecule has 0 bridgehead atoms. The summed E-state index contributed by atoms with van der Waals surface area (Å²) in [5, 5.41) is 3.28. The van der Waals surface area contributed by atoms with Gasteiger partial charge in [0.2, 0.25) is 0 Å². The summed E-state index contributed by atoms with van der Waals surface area (Å²) in [6, 6.07) is 0.627. The summed E-state index contributed by atoms with van der Waals surface area (Å²) in [5.41, 5.74) is 0. The van der Waals surface area contributed by atoms with Crippen LogP contribution in [-0.2, 0) is 0 Å². The van der Waals surface area contributed by atoms with E-state index in [2.05, 4.69) is 31.0 Å². The van der Waals surface area contributed by atoms with Gasteiger partial charge in [-0.2, -0.15) is 0 Å². The maximum absolute atomic E-state index is 3.28. The van der Waals surface area contributed by atoms with Crippen LogP contribution in [0.2, 0.25) is 0 Å². The molecule has 0 amide bonds. The number of rotatable bonds is 3. The van der Waals surface area contributed by atoms with Gasteiger partial charge < -0.3 is 10.2 Å². The SMILES string of the molecule is CN[C@@H](C)CN1CC(C)C(C)C1. The molecule has 72 valence electrons. The number of nitrogens with one attached hydrogen (secondary N) is 1. The van der Waals surface area contributed by atoms with Gasteiger partial charge in [0.25, 0.3) is 0 Å². The van der Waals surface area contributed by atoms with Crippen LogP contribution in [0.4, 0.5) is 0 Å². The van der Waals surface area contributed by atoms with Crippen molar-refractivity contribution < 1.29 is 0 Å². The highest BCUT2D eigenvalue weighted by Crippen LogP contribution is 2.21. The smallest absolute Gasteiger partial charge is 0.0163 e. The quantitative estimate of drug-likeness (QED) is 0.684. The molecule has 2 unspecified atom stereocenters. The molecule has 0 aromatic heterocycles. The Hall–Kier alpha value is -0.0800. The van der Waals surface area contributed by atoms with E-state index in [1.807, 2.05) is 7.05 Å². The van der Waals surface area contributed by atoms with Gasteiger partial charge >= 0.3 is 0 Å². The Balaban J connectivity index is 2.27. The topological polar surface area (TPSA) is 15.3 Å². The Morgan fingerprint density at radius 3 is 2.25 bits per heavy atom. The largest absolute Gasteiger partial charge is 0.316 e. The minimum absolute atomic E-state index is 0.627. The molecule has 0 aliphatic carbocycles. The lowest BCUT2D eigenvalue weighted by Gasteiger charge is -2.19. The molecule has 1 N–H and O–H groups in total. The van der Waals surface area contributed by atoms with Crippen LogP contribution in [-0.4, -0.2) is 37.6 Å². The molecule has 12 heavy (non-hydrogen) atoms. The van der Waals surface area contributed by atoms with E-state index in [1.165, 1.54) is 19.6 Å². The molecule has 0 saturated carbocycles. The molecule has 1 aliphatic heterocycles. The highest BCUT2D eigenvalue weighted by molar-refractivity contribution is 4.80. The summed E-state index contributed by atoms with van der Waals surface area (Å²) in [6.07, 6.45) is 0. The fourth-order valence-corrected chi connectivity index (χ4v) is 1.88. The monoisotopic (exact) mass is 170 g/mol. The third-order valence-electron chi connectivity index (χ3n) is 3.09. The van der Waals surface area contributed by atoms with Crippen molar-refractivity contribution in [3.8, 4) is 0 Å². The minimum atomic E-state index is 0.627. The maximum Gasteiger partial charge on any atom is 0.0163 e. The second-order valence-electron chi connectivity index (χ2n) is 4.36. The lowest BCUT2D eigenvalue weighted by atomic mass is 10.0. The average molecular weight is 170 g/mol. The second kappa shape index (κ2) is 4.24. The van der Waals surface area contributed by atoms with Gasteiger partial charge in [0.15, 0.2) is 0 Å². The van der Waals surface area contributed by atoms with Crippen molar-refractivity contribution in [2.45, 2.75) is 26.8 Å². The van der Waals surface area contributed by atoms with Gasteiger partial charge in [0.1, 0.15) is 0 Å². The third-order valence-corrected chi connectivity index (χ3v) is 3.09. The predicted molar refractivity (Wildman–Crippen MR) is 53.3 cm³/mol. The van der Waals surface area contributed by atoms with Crippen molar-refractivity contribution in [3.63, 3.8) is 0 Å². The molecule has 1 saturated heterocycles. The first-order valence-electron chi connectivity index (χ1n) is 5.03. The molecular weight excluding hydrogens is 148 g/mol. The Kier molecular flexibility index (Phi) is 3.53. The fraction of sp³-hybridized carbons (Fsp3) is 1.00. The van der Waals surface area contributed by atoms with Crippen LogP contribution in [0.1, 0.15) is 20.8 Å². The van der Waals surface area contributed by atoms with Gasteiger partial charge in [-0.25, -0.2) is 0 Å². The van der Waals surface area contributed by atoms with E-state index in [-0.39, 0.29) is 0 Å². The van der Waals surface area contributed by atoms with E-state index in [9.17, 15) is 0 Å². The second-order valence-corrected chi connectivity index (χ2v) is 4.36. The molecule has 1 heterocycles. The van der Waals surface area contributed by atoms with Crippen LogP contribution in [0.5, 0.6) is 0 Å². The Bertz CT molecular complexity index is 126. The average Bonchev–Trinajstić information content (AvgIpc) is 2.31. The number of nitrogens with zero attached hydrogens (tertiary/aromatic N) is 1. The standard InChI is InChI=1S/C10H22N2/c1-8-5-12(6-9(8)2)7-10(3)11-4/h8-11H,5-7H2,1-4H3/t8?,9?,10-/m0/s1. The van der Waals surface area contributed by atoms with Crippen molar-refractivity contribution in [2.75, 3.05) is 26.7 Å². The summed E-state index contributed by atoms with van der Waals surface area (Å²) in [4.78, 5) is 2.57. The first-order chi connectivity index (χ1) is 5.63. The summed E-state index contributed by atoms with van der Waals surface area (Å²) < 4.78 is 0. The summed E-state index contributed by atoms with van der Waals surface area (Å²) in [5.74, 6) is 1.77. The highest BCUT2D eigenvalue weighted by atomic mass is 15.2. The van der Waals surface area contributed by atoms with Gasteiger partial charge in [0, 0.05) is 25.7 Å². The number of hydrogen-bond acceptors (Lipinski definition) is 2. The van der Waals surface area contributed by atoms with E-state index >= 15 is 0 Å². The van der Waals surface area contributed by atoms with E-state index < -0.39 is 0 Å².